The largest absolute Gasteiger partial charge is 0.487 e. The molecule has 4 rings (SSSR count). The lowest BCUT2D eigenvalue weighted by Crippen LogP contribution is -2.34. The zero-order chi connectivity index (χ0) is 24.9. The van der Waals surface area contributed by atoms with Gasteiger partial charge in [0.25, 0.3) is 11.8 Å². The molecule has 0 radical (unpaired) electrons. The van der Waals surface area contributed by atoms with Crippen molar-refractivity contribution in [3.8, 4) is 5.75 Å². The van der Waals surface area contributed by atoms with Gasteiger partial charge in [-0.1, -0.05) is 29.8 Å². The number of carboxylic acids is 1. The van der Waals surface area contributed by atoms with Crippen LogP contribution in [0.15, 0.2) is 42.5 Å². The van der Waals surface area contributed by atoms with Gasteiger partial charge in [-0.15, -0.1) is 11.3 Å². The number of carboxylic acid groups (broad SMARTS) is 1. The van der Waals surface area contributed by atoms with E-state index in [1.165, 1.54) is 23.5 Å². The van der Waals surface area contributed by atoms with Gasteiger partial charge in [-0.05, 0) is 49.9 Å². The van der Waals surface area contributed by atoms with E-state index in [0.717, 1.165) is 16.2 Å². The molecule has 1 aliphatic carbocycles. The molecule has 0 atom stereocenters. The van der Waals surface area contributed by atoms with E-state index in [1.54, 1.807) is 0 Å². The minimum Gasteiger partial charge on any atom is -0.487 e. The van der Waals surface area contributed by atoms with Crippen LogP contribution in [0.4, 0.5) is 4.39 Å². The van der Waals surface area contributed by atoms with Gasteiger partial charge in [0, 0.05) is 28.7 Å². The number of ether oxygens (including phenoxy) is 1. The molecule has 3 N–H and O–H groups in total. The highest BCUT2D eigenvalue weighted by atomic mass is 35.5. The quantitative estimate of drug-likeness (QED) is 0.369. The van der Waals surface area contributed by atoms with Gasteiger partial charge < -0.3 is 20.5 Å². The standard InChI is InChI=1S/C25H24ClFN2O5S/c26-21-17-3-1-2-4-20(17)35-22(21)24(31)29-12-11-28-23(30)15-7-10-19(18(27)13-15)34-16-8-5-14(6-9-16)25(32)33/h1-4,7,10,13-14,16H,5-6,8-9,11-12H2,(H,28,30)(H,29,31)(H,32,33)/t14-,16+. The second-order valence-corrected chi connectivity index (χ2v) is 9.76. The van der Waals surface area contributed by atoms with Crippen molar-refractivity contribution in [3.05, 3.63) is 63.7 Å². The first-order valence-electron chi connectivity index (χ1n) is 11.3. The molecular formula is C25H24ClFN2O5S. The minimum absolute atomic E-state index is 0.0350. The van der Waals surface area contributed by atoms with Crippen LogP contribution in [0.5, 0.6) is 5.75 Å². The van der Waals surface area contributed by atoms with Crippen LogP contribution in [0, 0.1) is 11.7 Å². The lowest BCUT2D eigenvalue weighted by atomic mass is 9.87. The fourth-order valence-electron chi connectivity index (χ4n) is 4.04. The Morgan fingerprint density at radius 3 is 2.37 bits per heavy atom. The van der Waals surface area contributed by atoms with Gasteiger partial charge in [-0.2, -0.15) is 0 Å². The van der Waals surface area contributed by atoms with Crippen molar-refractivity contribution in [1.29, 1.82) is 0 Å². The van der Waals surface area contributed by atoms with Crippen molar-refractivity contribution in [3.63, 3.8) is 0 Å². The van der Waals surface area contributed by atoms with Crippen molar-refractivity contribution in [2.75, 3.05) is 13.1 Å². The van der Waals surface area contributed by atoms with Crippen LogP contribution in [-0.4, -0.2) is 42.1 Å². The van der Waals surface area contributed by atoms with Crippen LogP contribution in [-0.2, 0) is 4.79 Å². The maximum Gasteiger partial charge on any atom is 0.306 e. The third-order valence-electron chi connectivity index (χ3n) is 5.95. The molecule has 0 aliphatic heterocycles. The first-order chi connectivity index (χ1) is 16.8. The van der Waals surface area contributed by atoms with E-state index in [1.807, 2.05) is 24.3 Å². The number of nitrogens with one attached hydrogen (secondary N) is 2. The molecule has 1 heterocycles. The predicted molar refractivity (Wildman–Crippen MR) is 132 cm³/mol. The number of hydrogen-bond donors (Lipinski definition) is 3. The number of amides is 2. The number of carbonyl (C=O) groups is 3. The van der Waals surface area contributed by atoms with Crippen molar-refractivity contribution in [1.82, 2.24) is 10.6 Å². The van der Waals surface area contributed by atoms with Crippen LogP contribution in [0.25, 0.3) is 10.1 Å². The summed E-state index contributed by atoms with van der Waals surface area (Å²) in [4.78, 5) is 36.3. The summed E-state index contributed by atoms with van der Waals surface area (Å²) in [5, 5.41) is 15.7. The minimum atomic E-state index is -0.812. The summed E-state index contributed by atoms with van der Waals surface area (Å²) in [7, 11) is 0. The molecule has 1 saturated carbocycles. The summed E-state index contributed by atoms with van der Waals surface area (Å²) < 4.78 is 21.1. The van der Waals surface area contributed by atoms with Crippen LogP contribution in [0.1, 0.15) is 45.7 Å². The Labute approximate surface area is 210 Å². The SMILES string of the molecule is O=C(NCCNC(=O)c1sc2ccccc2c1Cl)c1ccc(O[C@H]2CC[C@@H](C(=O)O)CC2)c(F)c1. The van der Waals surface area contributed by atoms with Crippen molar-refractivity contribution in [2.45, 2.75) is 31.8 Å². The van der Waals surface area contributed by atoms with Crippen molar-refractivity contribution < 1.29 is 28.6 Å². The van der Waals surface area contributed by atoms with E-state index in [0.29, 0.717) is 35.6 Å². The Kier molecular flexibility index (Phi) is 7.87. The summed E-state index contributed by atoms with van der Waals surface area (Å²) in [6.07, 6.45) is 1.81. The van der Waals surface area contributed by atoms with E-state index in [2.05, 4.69) is 10.6 Å². The molecule has 10 heteroatoms. The number of aliphatic carboxylic acids is 1. The number of rotatable bonds is 8. The summed E-state index contributed by atoms with van der Waals surface area (Å²) in [5.41, 5.74) is 0.128. The van der Waals surface area contributed by atoms with Crippen LogP contribution < -0.4 is 15.4 Å². The molecule has 1 fully saturated rings. The van der Waals surface area contributed by atoms with E-state index in [4.69, 9.17) is 21.4 Å². The first kappa shape index (κ1) is 24.9. The van der Waals surface area contributed by atoms with E-state index in [9.17, 15) is 18.8 Å². The maximum atomic E-state index is 14.5. The van der Waals surface area contributed by atoms with Gasteiger partial charge in [-0.25, -0.2) is 4.39 Å². The first-order valence-corrected chi connectivity index (χ1v) is 12.5. The van der Waals surface area contributed by atoms with E-state index in [-0.39, 0.29) is 42.3 Å². The van der Waals surface area contributed by atoms with Gasteiger partial charge in [0.15, 0.2) is 11.6 Å². The van der Waals surface area contributed by atoms with Gasteiger partial charge in [0.1, 0.15) is 4.88 Å². The molecule has 0 bridgehead atoms. The zero-order valence-electron chi connectivity index (χ0n) is 18.7. The van der Waals surface area contributed by atoms with Crippen LogP contribution >= 0.6 is 22.9 Å². The molecule has 35 heavy (non-hydrogen) atoms. The average Bonchev–Trinajstić information content (AvgIpc) is 3.20. The lowest BCUT2D eigenvalue weighted by molar-refractivity contribution is -0.143. The average molecular weight is 519 g/mol. The van der Waals surface area contributed by atoms with Crippen molar-refractivity contribution in [2.24, 2.45) is 5.92 Å². The topological polar surface area (TPSA) is 105 Å². The van der Waals surface area contributed by atoms with Gasteiger partial charge in [0.2, 0.25) is 0 Å². The Bertz CT molecular complexity index is 1260. The number of halogens is 2. The maximum absolute atomic E-state index is 14.5. The van der Waals surface area contributed by atoms with Gasteiger partial charge in [-0.3, -0.25) is 14.4 Å². The summed E-state index contributed by atoms with van der Waals surface area (Å²) >= 11 is 7.61. The highest BCUT2D eigenvalue weighted by Gasteiger charge is 2.27. The molecular weight excluding hydrogens is 495 g/mol. The Morgan fingerprint density at radius 2 is 1.71 bits per heavy atom. The fraction of sp³-hybridized carbons (Fsp3) is 0.320. The molecule has 1 aliphatic rings. The molecule has 0 unspecified atom stereocenters. The molecule has 7 nitrogen and oxygen atoms in total. The van der Waals surface area contributed by atoms with Crippen LogP contribution in [0.3, 0.4) is 0 Å². The number of carbonyl (C=O) groups excluding carboxylic acids is 2. The molecule has 2 amide bonds. The van der Waals surface area contributed by atoms with Crippen LogP contribution in [0.2, 0.25) is 5.02 Å². The third-order valence-corrected chi connectivity index (χ3v) is 7.62. The number of benzene rings is 2. The second kappa shape index (κ2) is 11.0. The highest BCUT2D eigenvalue weighted by Crippen LogP contribution is 2.35. The Morgan fingerprint density at radius 1 is 1.03 bits per heavy atom. The molecule has 3 aromatic rings. The van der Waals surface area contributed by atoms with Gasteiger partial charge >= 0.3 is 5.97 Å². The molecule has 0 saturated heterocycles. The Hall–Kier alpha value is -3.17. The monoisotopic (exact) mass is 518 g/mol. The van der Waals surface area contributed by atoms with Gasteiger partial charge in [0.05, 0.1) is 17.0 Å². The Balaban J connectivity index is 1.24. The smallest absolute Gasteiger partial charge is 0.306 e. The summed E-state index contributed by atoms with van der Waals surface area (Å²) in [6, 6.07) is 11.4. The number of fused-ring (bicyclic) bond motifs is 1. The molecule has 1 aromatic heterocycles. The van der Waals surface area contributed by atoms with E-state index < -0.39 is 17.7 Å². The lowest BCUT2D eigenvalue weighted by Gasteiger charge is -2.27. The highest BCUT2D eigenvalue weighted by molar-refractivity contribution is 7.21. The second-order valence-electron chi connectivity index (χ2n) is 8.33. The normalized spacial score (nSPS) is 17.7. The molecule has 2 aromatic carbocycles. The molecule has 0 spiro atoms. The number of thiophene rings is 1. The van der Waals surface area contributed by atoms with E-state index >= 15 is 0 Å². The fourth-order valence-corrected chi connectivity index (χ4v) is 5.47. The number of hydrogen-bond acceptors (Lipinski definition) is 5. The van der Waals surface area contributed by atoms with Crippen molar-refractivity contribution >= 4 is 50.8 Å². The molecule has 184 valence electrons. The zero-order valence-corrected chi connectivity index (χ0v) is 20.3. The summed E-state index contributed by atoms with van der Waals surface area (Å²) in [6.45, 7) is 0.331. The predicted octanol–water partition coefficient (Wildman–Crippen LogP) is 4.88. The third kappa shape index (κ3) is 5.91. The summed E-state index contributed by atoms with van der Waals surface area (Å²) in [5.74, 6) is -2.62.